The van der Waals surface area contributed by atoms with Gasteiger partial charge in [0.1, 0.15) is 6.54 Å². The Hall–Kier alpha value is -2.47. The number of carbonyl (C=O) groups is 2. The van der Waals surface area contributed by atoms with E-state index in [2.05, 4.69) is 31.0 Å². The van der Waals surface area contributed by atoms with E-state index >= 15 is 0 Å². The van der Waals surface area contributed by atoms with Crippen LogP contribution in [0.25, 0.3) is 11.4 Å². The maximum Gasteiger partial charge on any atom is 0.323 e. The summed E-state index contributed by atoms with van der Waals surface area (Å²) in [6.45, 7) is -0.461. The first kappa shape index (κ1) is 18.9. The molecule has 0 aliphatic heterocycles. The second-order valence-electron chi connectivity index (χ2n) is 4.61. The van der Waals surface area contributed by atoms with Gasteiger partial charge in [0, 0.05) is 22.2 Å². The number of halogens is 1. The summed E-state index contributed by atoms with van der Waals surface area (Å²) in [5.41, 5.74) is 0.578. The summed E-state index contributed by atoms with van der Waals surface area (Å²) in [5.74, 6) is -2.32. The first-order chi connectivity index (χ1) is 11.8. The van der Waals surface area contributed by atoms with Crippen LogP contribution in [0, 0.1) is 4.91 Å². The van der Waals surface area contributed by atoms with Gasteiger partial charge in [-0.05, 0) is 6.07 Å². The molecule has 25 heavy (non-hydrogen) atoms. The topological polar surface area (TPSA) is 135 Å². The minimum atomic E-state index is -1.14. The zero-order chi connectivity index (χ0) is 18.6. The van der Waals surface area contributed by atoms with Crippen LogP contribution in [0.2, 0.25) is 0 Å². The Labute approximate surface area is 153 Å². The molecule has 0 aliphatic carbocycles. The van der Waals surface area contributed by atoms with Crippen LogP contribution in [0.15, 0.2) is 27.8 Å². The number of aliphatic carboxylic acids is 2. The van der Waals surface area contributed by atoms with Crippen LogP contribution >= 0.6 is 27.7 Å². The third kappa shape index (κ3) is 4.76. The molecule has 1 heterocycles. The molecule has 132 valence electrons. The highest BCUT2D eigenvalue weighted by Gasteiger charge is 2.22. The van der Waals surface area contributed by atoms with Crippen LogP contribution in [0.4, 0.5) is 5.69 Å². The van der Waals surface area contributed by atoms with Gasteiger partial charge in [-0.15, -0.1) is 10.2 Å². The van der Waals surface area contributed by atoms with Gasteiger partial charge in [-0.1, -0.05) is 27.7 Å². The zero-order valence-electron chi connectivity index (χ0n) is 12.7. The van der Waals surface area contributed by atoms with Crippen LogP contribution in [0.3, 0.4) is 0 Å². The molecule has 2 rings (SSSR count). The van der Waals surface area contributed by atoms with Gasteiger partial charge in [-0.3, -0.25) is 14.2 Å². The predicted octanol–water partition coefficient (Wildman–Crippen LogP) is 1.94. The Kier molecular flexibility index (Phi) is 6.09. The first-order valence-corrected chi connectivity index (χ1v) is 8.41. The average molecular weight is 432 g/mol. The van der Waals surface area contributed by atoms with Crippen molar-refractivity contribution >= 4 is 45.3 Å². The molecule has 12 heteroatoms. The molecule has 0 spiro atoms. The lowest BCUT2D eigenvalue weighted by molar-refractivity contribution is -0.736. The molecule has 0 unspecified atom stereocenters. The SMILES string of the molecule is CO[N+](=O)c1cc(Br)cc(-c2nnc(SCC(=O)O)n2CC(=O)O)c1. The largest absolute Gasteiger partial charge is 0.481 e. The molecule has 0 fully saturated rings. The molecular weight excluding hydrogens is 420 g/mol. The molecule has 0 bridgehead atoms. The minimum Gasteiger partial charge on any atom is -0.481 e. The van der Waals surface area contributed by atoms with Gasteiger partial charge in [0.05, 0.1) is 10.7 Å². The monoisotopic (exact) mass is 431 g/mol. The number of rotatable bonds is 8. The average Bonchev–Trinajstić information content (AvgIpc) is 2.93. The fourth-order valence-corrected chi connectivity index (χ4v) is 3.07. The maximum absolute atomic E-state index is 11.7. The Bertz CT molecular complexity index is 840. The van der Waals surface area contributed by atoms with Crippen molar-refractivity contribution in [2.24, 2.45) is 0 Å². The van der Waals surface area contributed by atoms with Crippen molar-refractivity contribution < 1.29 is 29.6 Å². The standard InChI is InChI=1S/C13H11BrN4O6S/c1-24-18(23)9-3-7(2-8(14)4-9)12-15-16-13(25-6-11(21)22)17(12)5-10(19)20/h2-4H,5-6H2,1H3,(H-,19,20,21,22)/p+1. The van der Waals surface area contributed by atoms with Crippen molar-refractivity contribution in [2.45, 2.75) is 11.7 Å². The molecule has 0 saturated heterocycles. The van der Waals surface area contributed by atoms with Gasteiger partial charge in [0.15, 0.2) is 18.1 Å². The molecule has 2 aromatic rings. The minimum absolute atomic E-state index is 0.145. The normalized spacial score (nSPS) is 10.5. The Morgan fingerprint density at radius 2 is 2.00 bits per heavy atom. The Balaban J connectivity index is 2.50. The highest BCUT2D eigenvalue weighted by molar-refractivity contribution is 9.10. The molecule has 10 nitrogen and oxygen atoms in total. The second kappa shape index (κ2) is 8.07. The summed E-state index contributed by atoms with van der Waals surface area (Å²) < 4.78 is 1.81. The number of aromatic nitrogens is 3. The van der Waals surface area contributed by atoms with Gasteiger partial charge < -0.3 is 10.2 Å². The van der Waals surface area contributed by atoms with Crippen molar-refractivity contribution in [1.82, 2.24) is 14.8 Å². The number of thioether (sulfide) groups is 1. The van der Waals surface area contributed by atoms with Crippen molar-refractivity contribution in [2.75, 3.05) is 12.9 Å². The molecular formula is C13H12BrN4O6S+. The van der Waals surface area contributed by atoms with Crippen LogP contribution in [0.1, 0.15) is 0 Å². The number of carboxylic acid groups (broad SMARTS) is 2. The van der Waals surface area contributed by atoms with Crippen LogP contribution < -0.4 is 0 Å². The highest BCUT2D eigenvalue weighted by atomic mass is 79.9. The molecule has 0 atom stereocenters. The van der Waals surface area contributed by atoms with E-state index in [-0.39, 0.29) is 27.3 Å². The fraction of sp³-hybridized carbons (Fsp3) is 0.231. The number of hydrogen-bond donors (Lipinski definition) is 2. The van der Waals surface area contributed by atoms with E-state index in [4.69, 9.17) is 10.2 Å². The van der Waals surface area contributed by atoms with Gasteiger partial charge in [-0.2, -0.15) is 0 Å². The lowest BCUT2D eigenvalue weighted by Gasteiger charge is -2.07. The maximum atomic E-state index is 11.7. The van der Waals surface area contributed by atoms with Gasteiger partial charge >= 0.3 is 17.6 Å². The van der Waals surface area contributed by atoms with Crippen LogP contribution in [-0.2, 0) is 21.0 Å². The summed E-state index contributed by atoms with van der Waals surface area (Å²) in [5, 5.41) is 25.8. The first-order valence-electron chi connectivity index (χ1n) is 6.63. The smallest absolute Gasteiger partial charge is 0.323 e. The van der Waals surface area contributed by atoms with E-state index in [1.807, 2.05) is 0 Å². The van der Waals surface area contributed by atoms with Crippen LogP contribution in [-0.4, -0.2) is 54.7 Å². The quantitative estimate of drug-likeness (QED) is 0.474. The van der Waals surface area contributed by atoms with E-state index in [0.717, 1.165) is 11.8 Å². The highest BCUT2D eigenvalue weighted by Crippen LogP contribution is 2.30. The number of benzene rings is 1. The lowest BCUT2D eigenvalue weighted by Crippen LogP contribution is -2.12. The lowest BCUT2D eigenvalue weighted by atomic mass is 10.2. The molecule has 1 aromatic heterocycles. The Morgan fingerprint density at radius 3 is 2.60 bits per heavy atom. The zero-order valence-corrected chi connectivity index (χ0v) is 15.2. The molecule has 0 aliphatic rings. The van der Waals surface area contributed by atoms with Crippen molar-refractivity contribution in [3.63, 3.8) is 0 Å². The summed E-state index contributed by atoms with van der Waals surface area (Å²) in [6, 6.07) is 4.59. The Morgan fingerprint density at radius 1 is 1.28 bits per heavy atom. The van der Waals surface area contributed by atoms with Crippen molar-refractivity contribution in [3.8, 4) is 11.4 Å². The van der Waals surface area contributed by atoms with E-state index in [0.29, 0.717) is 10.0 Å². The number of hydrogen-bond acceptors (Lipinski definition) is 7. The molecule has 0 radical (unpaired) electrons. The molecule has 1 aromatic carbocycles. The number of nitrogens with zero attached hydrogens (tertiary/aromatic N) is 4. The van der Waals surface area contributed by atoms with E-state index in [1.165, 1.54) is 23.8 Å². The van der Waals surface area contributed by atoms with Crippen molar-refractivity contribution in [3.05, 3.63) is 27.6 Å². The third-order valence-corrected chi connectivity index (χ3v) is 4.26. The molecule has 2 N–H and O–H groups in total. The summed E-state index contributed by atoms with van der Waals surface area (Å²) in [4.78, 5) is 38.4. The van der Waals surface area contributed by atoms with Crippen LogP contribution in [0.5, 0.6) is 0 Å². The molecule has 0 saturated carbocycles. The van der Waals surface area contributed by atoms with E-state index < -0.39 is 18.5 Å². The summed E-state index contributed by atoms with van der Waals surface area (Å²) in [6.07, 6.45) is 0. The fourth-order valence-electron chi connectivity index (χ4n) is 1.93. The second-order valence-corrected chi connectivity index (χ2v) is 6.46. The van der Waals surface area contributed by atoms with E-state index in [9.17, 15) is 14.5 Å². The molecule has 0 amide bonds. The summed E-state index contributed by atoms with van der Waals surface area (Å²) in [7, 11) is 1.21. The van der Waals surface area contributed by atoms with Gasteiger partial charge in [0.25, 0.3) is 4.92 Å². The van der Waals surface area contributed by atoms with E-state index in [1.54, 1.807) is 6.07 Å². The van der Waals surface area contributed by atoms with Gasteiger partial charge in [0.2, 0.25) is 0 Å². The predicted molar refractivity (Wildman–Crippen MR) is 89.5 cm³/mol. The summed E-state index contributed by atoms with van der Waals surface area (Å²) >= 11 is 4.11. The van der Waals surface area contributed by atoms with Gasteiger partial charge in [-0.25, -0.2) is 4.84 Å². The number of carboxylic acids is 2. The third-order valence-electron chi connectivity index (χ3n) is 2.85. The van der Waals surface area contributed by atoms with Crippen molar-refractivity contribution in [1.29, 1.82) is 0 Å².